The average Bonchev–Trinajstić information content (AvgIpc) is 2.79. The Hall–Kier alpha value is -1.85. The molecule has 2 rings (SSSR count). The largest absolute Gasteiger partial charge is 0.486 e. The molecule has 1 aromatic carbocycles. The van der Waals surface area contributed by atoms with Crippen LogP contribution in [-0.4, -0.2) is 20.1 Å². The third kappa shape index (κ3) is 3.37. The minimum absolute atomic E-state index is 0.183. The molecule has 5 nitrogen and oxygen atoms in total. The third-order valence-electron chi connectivity index (χ3n) is 2.69. The summed E-state index contributed by atoms with van der Waals surface area (Å²) in [6.45, 7) is 6.34. The first-order valence-electron chi connectivity index (χ1n) is 6.15. The maximum atomic E-state index is 9.30. The van der Waals surface area contributed by atoms with E-state index in [0.717, 1.165) is 11.3 Å². The van der Waals surface area contributed by atoms with Crippen LogP contribution >= 0.6 is 11.6 Å². The van der Waals surface area contributed by atoms with E-state index in [-0.39, 0.29) is 13.2 Å². The van der Waals surface area contributed by atoms with Crippen molar-refractivity contribution in [1.82, 2.24) is 15.0 Å². The van der Waals surface area contributed by atoms with Gasteiger partial charge in [0.05, 0.1) is 18.2 Å². The molecular formula is C14H16ClN3O2. The van der Waals surface area contributed by atoms with Crippen molar-refractivity contribution in [2.24, 2.45) is 0 Å². The standard InChI is InChI=1S/C14H16ClN3O2/c1-10(2)7-18-13(12(8-19)16-17-18)9-20-14-6-4-3-5-11(14)15/h3-6,19H,1,7-9H2,2H3. The fourth-order valence-electron chi connectivity index (χ4n) is 1.74. The van der Waals surface area contributed by atoms with Crippen molar-refractivity contribution >= 4 is 11.6 Å². The maximum Gasteiger partial charge on any atom is 0.138 e. The van der Waals surface area contributed by atoms with E-state index in [1.165, 1.54) is 0 Å². The molecule has 0 saturated carbocycles. The van der Waals surface area contributed by atoms with Crippen LogP contribution in [0.1, 0.15) is 18.3 Å². The number of aliphatic hydroxyl groups is 1. The maximum absolute atomic E-state index is 9.30. The highest BCUT2D eigenvalue weighted by molar-refractivity contribution is 6.32. The Morgan fingerprint density at radius 2 is 2.20 bits per heavy atom. The summed E-state index contributed by atoms with van der Waals surface area (Å²) >= 11 is 6.04. The number of hydrogen-bond acceptors (Lipinski definition) is 4. The second kappa shape index (κ2) is 6.54. The van der Waals surface area contributed by atoms with Crippen molar-refractivity contribution in [3.05, 3.63) is 52.8 Å². The molecular weight excluding hydrogens is 278 g/mol. The fourth-order valence-corrected chi connectivity index (χ4v) is 1.93. The van der Waals surface area contributed by atoms with E-state index in [0.29, 0.717) is 23.0 Å². The zero-order chi connectivity index (χ0) is 14.5. The third-order valence-corrected chi connectivity index (χ3v) is 3.00. The summed E-state index contributed by atoms with van der Waals surface area (Å²) in [5.74, 6) is 0.584. The molecule has 0 spiro atoms. The summed E-state index contributed by atoms with van der Waals surface area (Å²) in [5.41, 5.74) is 2.16. The highest BCUT2D eigenvalue weighted by Crippen LogP contribution is 2.24. The summed E-state index contributed by atoms with van der Waals surface area (Å²) in [6.07, 6.45) is 0. The molecule has 0 fully saturated rings. The monoisotopic (exact) mass is 293 g/mol. The number of aliphatic hydroxyl groups excluding tert-OH is 1. The van der Waals surface area contributed by atoms with Gasteiger partial charge in [0.1, 0.15) is 23.7 Å². The van der Waals surface area contributed by atoms with Gasteiger partial charge in [0.2, 0.25) is 0 Å². The summed E-state index contributed by atoms with van der Waals surface area (Å²) in [4.78, 5) is 0. The number of hydrogen-bond donors (Lipinski definition) is 1. The van der Waals surface area contributed by atoms with Gasteiger partial charge in [-0.15, -0.1) is 5.10 Å². The topological polar surface area (TPSA) is 60.2 Å². The van der Waals surface area contributed by atoms with Crippen molar-refractivity contribution in [1.29, 1.82) is 0 Å². The molecule has 0 aliphatic heterocycles. The number of halogens is 1. The highest BCUT2D eigenvalue weighted by Gasteiger charge is 2.13. The summed E-state index contributed by atoms with van der Waals surface area (Å²) in [6, 6.07) is 7.22. The van der Waals surface area contributed by atoms with Gasteiger partial charge in [0.25, 0.3) is 0 Å². The first-order valence-corrected chi connectivity index (χ1v) is 6.53. The summed E-state index contributed by atoms with van der Waals surface area (Å²) in [5, 5.41) is 17.8. The van der Waals surface area contributed by atoms with Gasteiger partial charge in [0.15, 0.2) is 0 Å². The molecule has 0 amide bonds. The van der Waals surface area contributed by atoms with Crippen molar-refractivity contribution in [2.45, 2.75) is 26.7 Å². The molecule has 0 aliphatic rings. The lowest BCUT2D eigenvalue weighted by atomic mass is 10.3. The molecule has 1 heterocycles. The van der Waals surface area contributed by atoms with E-state index >= 15 is 0 Å². The minimum Gasteiger partial charge on any atom is -0.486 e. The molecule has 6 heteroatoms. The van der Waals surface area contributed by atoms with E-state index in [1.54, 1.807) is 16.8 Å². The lowest BCUT2D eigenvalue weighted by Gasteiger charge is -2.10. The van der Waals surface area contributed by atoms with Gasteiger partial charge >= 0.3 is 0 Å². The van der Waals surface area contributed by atoms with Crippen LogP contribution in [0.3, 0.4) is 0 Å². The average molecular weight is 294 g/mol. The normalized spacial score (nSPS) is 10.6. The minimum atomic E-state index is -0.183. The van der Waals surface area contributed by atoms with Gasteiger partial charge in [-0.05, 0) is 19.1 Å². The molecule has 2 aromatic rings. The first kappa shape index (κ1) is 14.6. The lowest BCUT2D eigenvalue weighted by Crippen LogP contribution is -2.10. The number of para-hydroxylation sites is 1. The van der Waals surface area contributed by atoms with Crippen LogP contribution in [0.15, 0.2) is 36.4 Å². The molecule has 1 N–H and O–H groups in total. The molecule has 1 aromatic heterocycles. The quantitative estimate of drug-likeness (QED) is 0.832. The predicted octanol–water partition coefficient (Wildman–Crippen LogP) is 2.58. The molecule has 0 bridgehead atoms. The van der Waals surface area contributed by atoms with Crippen LogP contribution in [0, 0.1) is 0 Å². The Morgan fingerprint density at radius 1 is 1.45 bits per heavy atom. The van der Waals surface area contributed by atoms with Crippen molar-refractivity contribution in [3.63, 3.8) is 0 Å². The number of allylic oxidation sites excluding steroid dienone is 1. The van der Waals surface area contributed by atoms with Crippen LogP contribution in [0.5, 0.6) is 5.75 Å². The second-order valence-corrected chi connectivity index (χ2v) is 4.88. The Kier molecular flexibility index (Phi) is 4.76. The number of ether oxygens (including phenoxy) is 1. The summed E-state index contributed by atoms with van der Waals surface area (Å²) < 4.78 is 7.34. The van der Waals surface area contributed by atoms with Gasteiger partial charge in [-0.2, -0.15) is 0 Å². The van der Waals surface area contributed by atoms with Gasteiger partial charge in [-0.25, -0.2) is 4.68 Å². The Labute approximate surface area is 122 Å². The van der Waals surface area contributed by atoms with E-state index in [1.807, 2.05) is 19.1 Å². The molecule has 0 atom stereocenters. The van der Waals surface area contributed by atoms with Gasteiger partial charge in [-0.3, -0.25) is 0 Å². The Balaban J connectivity index is 2.17. The highest BCUT2D eigenvalue weighted by atomic mass is 35.5. The number of nitrogens with zero attached hydrogens (tertiary/aromatic N) is 3. The lowest BCUT2D eigenvalue weighted by molar-refractivity contribution is 0.262. The second-order valence-electron chi connectivity index (χ2n) is 4.47. The molecule has 0 radical (unpaired) electrons. The number of rotatable bonds is 6. The Bertz CT molecular complexity index is 610. The molecule has 0 saturated heterocycles. The fraction of sp³-hybridized carbons (Fsp3) is 0.286. The van der Waals surface area contributed by atoms with Crippen LogP contribution in [0.4, 0.5) is 0 Å². The molecule has 106 valence electrons. The Morgan fingerprint density at radius 3 is 2.85 bits per heavy atom. The number of benzene rings is 1. The van der Waals surface area contributed by atoms with Crippen LogP contribution in [0.25, 0.3) is 0 Å². The first-order chi connectivity index (χ1) is 9.61. The van der Waals surface area contributed by atoms with E-state index in [4.69, 9.17) is 16.3 Å². The molecule has 0 aliphatic carbocycles. The zero-order valence-corrected chi connectivity index (χ0v) is 12.0. The zero-order valence-electron chi connectivity index (χ0n) is 11.2. The van der Waals surface area contributed by atoms with Gasteiger partial charge in [-0.1, -0.05) is 41.1 Å². The molecule has 20 heavy (non-hydrogen) atoms. The molecule has 0 unspecified atom stereocenters. The summed E-state index contributed by atoms with van der Waals surface area (Å²) in [7, 11) is 0. The van der Waals surface area contributed by atoms with E-state index < -0.39 is 0 Å². The predicted molar refractivity (Wildman–Crippen MR) is 76.5 cm³/mol. The number of aromatic nitrogens is 3. The van der Waals surface area contributed by atoms with E-state index in [2.05, 4.69) is 16.9 Å². The smallest absolute Gasteiger partial charge is 0.138 e. The SMILES string of the molecule is C=C(C)Cn1nnc(CO)c1COc1ccccc1Cl. The van der Waals surface area contributed by atoms with Crippen molar-refractivity contribution in [3.8, 4) is 5.75 Å². The van der Waals surface area contributed by atoms with Crippen LogP contribution in [0.2, 0.25) is 5.02 Å². The van der Waals surface area contributed by atoms with Crippen LogP contribution < -0.4 is 4.74 Å². The van der Waals surface area contributed by atoms with Gasteiger partial charge in [0, 0.05) is 0 Å². The van der Waals surface area contributed by atoms with Crippen LogP contribution in [-0.2, 0) is 19.8 Å². The van der Waals surface area contributed by atoms with Crippen molar-refractivity contribution in [2.75, 3.05) is 0 Å². The van der Waals surface area contributed by atoms with Crippen molar-refractivity contribution < 1.29 is 9.84 Å². The van der Waals surface area contributed by atoms with E-state index in [9.17, 15) is 5.11 Å². The van der Waals surface area contributed by atoms with Gasteiger partial charge < -0.3 is 9.84 Å².